The molecule has 1 aromatic heterocycles. The number of carbonyl (C=O) groups excluding carboxylic acids is 1. The van der Waals surface area contributed by atoms with Crippen molar-refractivity contribution in [3.8, 4) is 0 Å². The number of nitrogens with one attached hydrogen (secondary N) is 1. The van der Waals surface area contributed by atoms with Gasteiger partial charge >= 0.3 is 0 Å². The molecule has 1 N–H and O–H groups in total. The van der Waals surface area contributed by atoms with Gasteiger partial charge in [0.2, 0.25) is 5.91 Å². The number of thioether (sulfide) groups is 1. The maximum atomic E-state index is 11.7. The topological polar surface area (TPSA) is 42.0 Å². The Morgan fingerprint density at radius 2 is 1.84 bits per heavy atom. The van der Waals surface area contributed by atoms with E-state index in [1.54, 1.807) is 24.2 Å². The van der Waals surface area contributed by atoms with Gasteiger partial charge in [-0.3, -0.25) is 9.78 Å². The molecule has 0 unspecified atom stereocenters. The lowest BCUT2D eigenvalue weighted by molar-refractivity contribution is -0.113. The van der Waals surface area contributed by atoms with Gasteiger partial charge in [0.25, 0.3) is 0 Å². The van der Waals surface area contributed by atoms with E-state index >= 15 is 0 Å². The summed E-state index contributed by atoms with van der Waals surface area (Å²) in [6, 6.07) is 13.5. The summed E-state index contributed by atoms with van der Waals surface area (Å²) in [5, 5.41) is 2.87. The van der Waals surface area contributed by atoms with Crippen LogP contribution in [0.2, 0.25) is 0 Å². The number of anilines is 1. The Kier molecular flexibility index (Phi) is 5.44. The molecule has 1 heterocycles. The van der Waals surface area contributed by atoms with Crippen LogP contribution in [0.5, 0.6) is 0 Å². The molecule has 1 amide bonds. The van der Waals surface area contributed by atoms with Crippen LogP contribution in [0.1, 0.15) is 5.56 Å². The van der Waals surface area contributed by atoms with Crippen LogP contribution < -0.4 is 5.32 Å². The Bertz CT molecular complexity index is 502. The summed E-state index contributed by atoms with van der Waals surface area (Å²) in [5.74, 6) is 1.47. The number of para-hydroxylation sites is 1. The number of hydrogen-bond acceptors (Lipinski definition) is 3. The number of aromatic nitrogens is 1. The van der Waals surface area contributed by atoms with Gasteiger partial charge < -0.3 is 5.32 Å². The van der Waals surface area contributed by atoms with Crippen molar-refractivity contribution in [1.82, 2.24) is 4.98 Å². The van der Waals surface area contributed by atoms with Crippen molar-refractivity contribution in [2.75, 3.05) is 16.8 Å². The minimum absolute atomic E-state index is 0.0472. The molecule has 98 valence electrons. The smallest absolute Gasteiger partial charge is 0.234 e. The molecule has 19 heavy (non-hydrogen) atoms. The van der Waals surface area contributed by atoms with Crippen molar-refractivity contribution >= 4 is 23.4 Å². The third-order valence-electron chi connectivity index (χ3n) is 2.58. The first-order valence-electron chi connectivity index (χ1n) is 6.16. The number of hydrogen-bond donors (Lipinski definition) is 1. The van der Waals surface area contributed by atoms with Crippen molar-refractivity contribution < 1.29 is 4.79 Å². The van der Waals surface area contributed by atoms with Crippen LogP contribution in [0, 0.1) is 0 Å². The highest BCUT2D eigenvalue weighted by Crippen LogP contribution is 2.09. The molecule has 0 aliphatic carbocycles. The Morgan fingerprint density at radius 3 is 2.58 bits per heavy atom. The average Bonchev–Trinajstić information content (AvgIpc) is 2.46. The molecule has 0 aliphatic heterocycles. The highest BCUT2D eigenvalue weighted by atomic mass is 32.2. The SMILES string of the molecule is O=C(CSCCc1ccncc1)Nc1ccccc1. The quantitative estimate of drug-likeness (QED) is 0.822. The molecular weight excluding hydrogens is 256 g/mol. The predicted molar refractivity (Wildman–Crippen MR) is 80.3 cm³/mol. The van der Waals surface area contributed by atoms with Gasteiger partial charge in [-0.15, -0.1) is 0 Å². The van der Waals surface area contributed by atoms with Crippen LogP contribution in [-0.4, -0.2) is 22.4 Å². The molecule has 2 aromatic rings. The number of pyridine rings is 1. The first-order valence-corrected chi connectivity index (χ1v) is 7.31. The number of aryl methyl sites for hydroxylation is 1. The predicted octanol–water partition coefficient (Wildman–Crippen LogP) is 3.00. The summed E-state index contributed by atoms with van der Waals surface area (Å²) in [5.41, 5.74) is 2.10. The number of carbonyl (C=O) groups is 1. The zero-order chi connectivity index (χ0) is 13.3. The standard InChI is InChI=1S/C15H16N2OS/c18-15(17-14-4-2-1-3-5-14)12-19-11-8-13-6-9-16-10-7-13/h1-7,9-10H,8,11-12H2,(H,17,18). The molecule has 0 aliphatic rings. The maximum Gasteiger partial charge on any atom is 0.234 e. The average molecular weight is 272 g/mol. The largest absolute Gasteiger partial charge is 0.325 e. The van der Waals surface area contributed by atoms with Crippen LogP contribution in [-0.2, 0) is 11.2 Å². The molecule has 0 bridgehead atoms. The van der Waals surface area contributed by atoms with Gasteiger partial charge in [0, 0.05) is 18.1 Å². The van der Waals surface area contributed by atoms with Gasteiger partial charge in [-0.1, -0.05) is 18.2 Å². The zero-order valence-corrected chi connectivity index (χ0v) is 11.4. The third kappa shape index (κ3) is 5.14. The molecule has 0 radical (unpaired) electrons. The van der Waals surface area contributed by atoms with Crippen molar-refractivity contribution in [2.24, 2.45) is 0 Å². The summed E-state index contributed by atoms with van der Waals surface area (Å²) in [4.78, 5) is 15.7. The van der Waals surface area contributed by atoms with E-state index in [0.717, 1.165) is 17.9 Å². The van der Waals surface area contributed by atoms with Crippen LogP contribution >= 0.6 is 11.8 Å². The summed E-state index contributed by atoms with van der Waals surface area (Å²) < 4.78 is 0. The number of rotatable bonds is 6. The Balaban J connectivity index is 1.65. The van der Waals surface area contributed by atoms with Crippen LogP contribution in [0.25, 0.3) is 0 Å². The van der Waals surface area contributed by atoms with Crippen molar-refractivity contribution in [3.05, 3.63) is 60.4 Å². The molecule has 0 spiro atoms. The fourth-order valence-electron chi connectivity index (χ4n) is 1.62. The number of nitrogens with zero attached hydrogens (tertiary/aromatic N) is 1. The van der Waals surface area contributed by atoms with Gasteiger partial charge in [0.15, 0.2) is 0 Å². The van der Waals surface area contributed by atoms with Gasteiger partial charge in [0.05, 0.1) is 5.75 Å². The molecule has 0 saturated carbocycles. The minimum Gasteiger partial charge on any atom is -0.325 e. The summed E-state index contributed by atoms with van der Waals surface area (Å²) in [7, 11) is 0. The highest BCUT2D eigenvalue weighted by Gasteiger charge is 2.02. The second kappa shape index (κ2) is 7.59. The van der Waals surface area contributed by atoms with E-state index in [1.165, 1.54) is 5.56 Å². The normalized spacial score (nSPS) is 10.1. The lowest BCUT2D eigenvalue weighted by atomic mass is 10.2. The highest BCUT2D eigenvalue weighted by molar-refractivity contribution is 7.99. The van der Waals surface area contributed by atoms with E-state index in [1.807, 2.05) is 42.5 Å². The van der Waals surface area contributed by atoms with Gasteiger partial charge in [-0.25, -0.2) is 0 Å². The third-order valence-corrected chi connectivity index (χ3v) is 3.53. The first kappa shape index (κ1) is 13.6. The second-order valence-corrected chi connectivity index (χ2v) is 5.18. The molecule has 4 heteroatoms. The van der Waals surface area contributed by atoms with E-state index < -0.39 is 0 Å². The molecule has 0 atom stereocenters. The maximum absolute atomic E-state index is 11.7. The summed E-state index contributed by atoms with van der Waals surface area (Å²) in [6.07, 6.45) is 4.55. The molecule has 3 nitrogen and oxygen atoms in total. The summed E-state index contributed by atoms with van der Waals surface area (Å²) >= 11 is 1.64. The van der Waals surface area contributed by atoms with Crippen molar-refractivity contribution in [1.29, 1.82) is 0 Å². The molecular formula is C15H16N2OS. The van der Waals surface area contributed by atoms with Crippen molar-refractivity contribution in [2.45, 2.75) is 6.42 Å². The fraction of sp³-hybridized carbons (Fsp3) is 0.200. The van der Waals surface area contributed by atoms with Crippen LogP contribution in [0.15, 0.2) is 54.9 Å². The lowest BCUT2D eigenvalue weighted by Gasteiger charge is -2.05. The van der Waals surface area contributed by atoms with Gasteiger partial charge in [0.1, 0.15) is 0 Å². The van der Waals surface area contributed by atoms with E-state index in [4.69, 9.17) is 0 Å². The molecule has 1 aromatic carbocycles. The van der Waals surface area contributed by atoms with Crippen molar-refractivity contribution in [3.63, 3.8) is 0 Å². The minimum atomic E-state index is 0.0472. The van der Waals surface area contributed by atoms with E-state index in [2.05, 4.69) is 10.3 Å². The second-order valence-electron chi connectivity index (χ2n) is 4.07. The molecule has 2 rings (SSSR count). The molecule has 0 fully saturated rings. The monoisotopic (exact) mass is 272 g/mol. The van der Waals surface area contributed by atoms with Crippen LogP contribution in [0.4, 0.5) is 5.69 Å². The first-order chi connectivity index (χ1) is 9.34. The Morgan fingerprint density at radius 1 is 1.11 bits per heavy atom. The number of benzene rings is 1. The van der Waals surface area contributed by atoms with Gasteiger partial charge in [-0.05, 0) is 42.0 Å². The van der Waals surface area contributed by atoms with Gasteiger partial charge in [-0.2, -0.15) is 11.8 Å². The zero-order valence-electron chi connectivity index (χ0n) is 10.6. The Labute approximate surface area is 117 Å². The van der Waals surface area contributed by atoms with Crippen LogP contribution in [0.3, 0.4) is 0 Å². The summed E-state index contributed by atoms with van der Waals surface area (Å²) in [6.45, 7) is 0. The molecule has 0 saturated heterocycles. The lowest BCUT2D eigenvalue weighted by Crippen LogP contribution is -2.14. The van der Waals surface area contributed by atoms with E-state index in [-0.39, 0.29) is 5.91 Å². The van der Waals surface area contributed by atoms with E-state index in [0.29, 0.717) is 5.75 Å². The Hall–Kier alpha value is -1.81. The fourth-order valence-corrected chi connectivity index (χ4v) is 2.40. The number of amides is 1. The van der Waals surface area contributed by atoms with E-state index in [9.17, 15) is 4.79 Å².